The number of Topliss-reactive ketones (excluding diaryl/α,β-unsaturated/α-hetero) is 1. The van der Waals surface area contributed by atoms with Crippen molar-refractivity contribution in [1.29, 1.82) is 0 Å². The zero-order valence-corrected chi connectivity index (χ0v) is 10.0. The van der Waals surface area contributed by atoms with E-state index in [-0.39, 0.29) is 0 Å². The quantitative estimate of drug-likeness (QED) is 0.671. The highest BCUT2D eigenvalue weighted by molar-refractivity contribution is 5.83. The van der Waals surface area contributed by atoms with E-state index in [0.717, 1.165) is 5.92 Å². The van der Waals surface area contributed by atoms with Gasteiger partial charge in [-0.3, -0.25) is 4.79 Å². The summed E-state index contributed by atoms with van der Waals surface area (Å²) in [6, 6.07) is 0. The number of ketones is 1. The van der Waals surface area contributed by atoms with E-state index in [1.165, 1.54) is 57.8 Å². The standard InChI is InChI=1S/C14H24O/c1-11-6-5-9-13(10-11)14(15)12-7-3-2-4-8-12/h11-13H,2-10H2,1H3. The van der Waals surface area contributed by atoms with Crippen molar-refractivity contribution in [3.63, 3.8) is 0 Å². The smallest absolute Gasteiger partial charge is 0.139 e. The van der Waals surface area contributed by atoms with Gasteiger partial charge in [-0.2, -0.15) is 0 Å². The molecule has 2 rings (SSSR count). The molecule has 0 aromatic heterocycles. The molecule has 0 heterocycles. The summed E-state index contributed by atoms with van der Waals surface area (Å²) in [4.78, 5) is 12.3. The summed E-state index contributed by atoms with van der Waals surface area (Å²) in [5.41, 5.74) is 0. The maximum Gasteiger partial charge on any atom is 0.139 e. The molecule has 15 heavy (non-hydrogen) atoms. The lowest BCUT2D eigenvalue weighted by molar-refractivity contribution is -0.129. The van der Waals surface area contributed by atoms with Crippen LogP contribution >= 0.6 is 0 Å². The van der Waals surface area contributed by atoms with Crippen LogP contribution in [0.15, 0.2) is 0 Å². The van der Waals surface area contributed by atoms with Crippen molar-refractivity contribution in [3.05, 3.63) is 0 Å². The molecule has 2 fully saturated rings. The number of rotatable bonds is 2. The van der Waals surface area contributed by atoms with Crippen molar-refractivity contribution in [2.75, 3.05) is 0 Å². The average molecular weight is 208 g/mol. The predicted octanol–water partition coefficient (Wildman–Crippen LogP) is 3.96. The van der Waals surface area contributed by atoms with Gasteiger partial charge in [-0.05, 0) is 31.6 Å². The van der Waals surface area contributed by atoms with Crippen LogP contribution in [0.4, 0.5) is 0 Å². The van der Waals surface area contributed by atoms with E-state index in [0.29, 0.717) is 17.6 Å². The summed E-state index contributed by atoms with van der Waals surface area (Å²) in [6.07, 6.45) is 11.3. The Morgan fingerprint density at radius 3 is 2.20 bits per heavy atom. The van der Waals surface area contributed by atoms with E-state index in [2.05, 4.69) is 6.92 Å². The summed E-state index contributed by atoms with van der Waals surface area (Å²) in [5.74, 6) is 2.28. The minimum atomic E-state index is 0.428. The molecule has 2 aliphatic carbocycles. The Kier molecular flexibility index (Phi) is 3.82. The zero-order chi connectivity index (χ0) is 10.7. The van der Waals surface area contributed by atoms with E-state index in [9.17, 15) is 4.79 Å². The van der Waals surface area contributed by atoms with Gasteiger partial charge in [0.05, 0.1) is 0 Å². The van der Waals surface area contributed by atoms with Crippen LogP contribution in [0.25, 0.3) is 0 Å². The molecule has 0 saturated heterocycles. The van der Waals surface area contributed by atoms with Gasteiger partial charge in [0.25, 0.3) is 0 Å². The van der Waals surface area contributed by atoms with E-state index in [4.69, 9.17) is 0 Å². The highest BCUT2D eigenvalue weighted by Crippen LogP contribution is 2.34. The second kappa shape index (κ2) is 5.14. The maximum atomic E-state index is 12.3. The number of carbonyl (C=O) groups excluding carboxylic acids is 1. The van der Waals surface area contributed by atoms with Crippen LogP contribution in [0, 0.1) is 17.8 Å². The van der Waals surface area contributed by atoms with Gasteiger partial charge in [-0.15, -0.1) is 0 Å². The van der Waals surface area contributed by atoms with Gasteiger partial charge < -0.3 is 0 Å². The first-order valence-corrected chi connectivity index (χ1v) is 6.81. The molecule has 0 bridgehead atoms. The minimum absolute atomic E-state index is 0.428. The van der Waals surface area contributed by atoms with Gasteiger partial charge in [0.1, 0.15) is 5.78 Å². The van der Waals surface area contributed by atoms with Crippen LogP contribution in [-0.4, -0.2) is 5.78 Å². The molecule has 0 N–H and O–H groups in total. The third kappa shape index (κ3) is 2.83. The van der Waals surface area contributed by atoms with Crippen molar-refractivity contribution >= 4 is 5.78 Å². The molecule has 2 unspecified atom stereocenters. The summed E-state index contributed by atoms with van der Waals surface area (Å²) in [7, 11) is 0. The molecule has 0 aromatic rings. The third-order valence-electron chi connectivity index (χ3n) is 4.35. The summed E-state index contributed by atoms with van der Waals surface area (Å²) in [5, 5.41) is 0. The maximum absolute atomic E-state index is 12.3. The Morgan fingerprint density at radius 2 is 1.53 bits per heavy atom. The monoisotopic (exact) mass is 208 g/mol. The Balaban J connectivity index is 1.88. The lowest BCUT2D eigenvalue weighted by Crippen LogP contribution is -2.29. The first-order valence-electron chi connectivity index (χ1n) is 6.81. The topological polar surface area (TPSA) is 17.1 Å². The van der Waals surface area contributed by atoms with Crippen molar-refractivity contribution in [2.45, 2.75) is 64.7 Å². The highest BCUT2D eigenvalue weighted by atomic mass is 16.1. The summed E-state index contributed by atoms with van der Waals surface area (Å²) in [6.45, 7) is 2.31. The van der Waals surface area contributed by atoms with Crippen LogP contribution in [0.5, 0.6) is 0 Å². The SMILES string of the molecule is CC1CCCC(C(=O)C2CCCCC2)C1. The molecule has 0 aromatic carbocycles. The van der Waals surface area contributed by atoms with Crippen molar-refractivity contribution in [1.82, 2.24) is 0 Å². The second-order valence-electron chi connectivity index (χ2n) is 5.71. The Labute approximate surface area is 93.6 Å². The molecule has 1 heteroatoms. The van der Waals surface area contributed by atoms with Gasteiger partial charge >= 0.3 is 0 Å². The van der Waals surface area contributed by atoms with Crippen molar-refractivity contribution in [3.8, 4) is 0 Å². The van der Waals surface area contributed by atoms with Crippen LogP contribution < -0.4 is 0 Å². The molecule has 2 aliphatic rings. The van der Waals surface area contributed by atoms with Gasteiger partial charge in [0, 0.05) is 11.8 Å². The fourth-order valence-electron chi connectivity index (χ4n) is 3.41. The predicted molar refractivity (Wildman–Crippen MR) is 62.7 cm³/mol. The van der Waals surface area contributed by atoms with Crippen molar-refractivity contribution < 1.29 is 4.79 Å². The van der Waals surface area contributed by atoms with Crippen molar-refractivity contribution in [2.24, 2.45) is 17.8 Å². The van der Waals surface area contributed by atoms with Gasteiger partial charge in [-0.1, -0.05) is 39.0 Å². The average Bonchev–Trinajstić information content (AvgIpc) is 2.29. The minimum Gasteiger partial charge on any atom is -0.299 e. The molecule has 0 amide bonds. The van der Waals surface area contributed by atoms with Gasteiger partial charge in [0.15, 0.2) is 0 Å². The normalized spacial score (nSPS) is 33.9. The largest absolute Gasteiger partial charge is 0.299 e. The molecule has 0 aliphatic heterocycles. The summed E-state index contributed by atoms with van der Waals surface area (Å²) >= 11 is 0. The first kappa shape index (κ1) is 11.2. The van der Waals surface area contributed by atoms with Gasteiger partial charge in [0.2, 0.25) is 0 Å². The molecule has 2 saturated carbocycles. The van der Waals surface area contributed by atoms with Crippen LogP contribution in [0.3, 0.4) is 0 Å². The molecular formula is C14H24O. The number of carbonyl (C=O) groups is 1. The third-order valence-corrected chi connectivity index (χ3v) is 4.35. The second-order valence-corrected chi connectivity index (χ2v) is 5.71. The van der Waals surface area contributed by atoms with Gasteiger partial charge in [-0.25, -0.2) is 0 Å². The van der Waals surface area contributed by atoms with E-state index in [1.807, 2.05) is 0 Å². The first-order chi connectivity index (χ1) is 7.27. The molecule has 0 spiro atoms. The molecule has 0 radical (unpaired) electrons. The lowest BCUT2D eigenvalue weighted by atomic mass is 9.74. The van der Waals surface area contributed by atoms with E-state index < -0.39 is 0 Å². The highest BCUT2D eigenvalue weighted by Gasteiger charge is 2.30. The lowest BCUT2D eigenvalue weighted by Gasteiger charge is -2.30. The van der Waals surface area contributed by atoms with Crippen LogP contribution in [0.1, 0.15) is 64.7 Å². The number of hydrogen-bond acceptors (Lipinski definition) is 1. The Morgan fingerprint density at radius 1 is 0.867 bits per heavy atom. The Hall–Kier alpha value is -0.330. The van der Waals surface area contributed by atoms with E-state index in [1.54, 1.807) is 0 Å². The fraction of sp³-hybridized carbons (Fsp3) is 0.929. The zero-order valence-electron chi connectivity index (χ0n) is 10.0. The molecule has 86 valence electrons. The van der Waals surface area contributed by atoms with Crippen LogP contribution in [-0.2, 0) is 4.79 Å². The molecule has 1 nitrogen and oxygen atoms in total. The molecular weight excluding hydrogens is 184 g/mol. The summed E-state index contributed by atoms with van der Waals surface area (Å²) < 4.78 is 0. The fourth-order valence-corrected chi connectivity index (χ4v) is 3.41. The number of hydrogen-bond donors (Lipinski definition) is 0. The van der Waals surface area contributed by atoms with E-state index >= 15 is 0 Å². The van der Waals surface area contributed by atoms with Crippen LogP contribution in [0.2, 0.25) is 0 Å². The molecule has 2 atom stereocenters. The Bertz CT molecular complexity index is 215.